The number of hydrogen-bond donors (Lipinski definition) is 0. The Morgan fingerprint density at radius 1 is 1.40 bits per heavy atom. The van der Waals surface area contributed by atoms with E-state index in [0.717, 1.165) is 18.6 Å². The molecule has 1 fully saturated rings. The van der Waals surface area contributed by atoms with Gasteiger partial charge in [0.15, 0.2) is 0 Å². The average Bonchev–Trinajstić information content (AvgIpc) is 2.99. The highest BCUT2D eigenvalue weighted by molar-refractivity contribution is 7.99. The van der Waals surface area contributed by atoms with Crippen LogP contribution in [0, 0.1) is 0 Å². The zero-order valence-corrected chi connectivity index (χ0v) is 12.6. The Hall–Kier alpha value is -1.29. The van der Waals surface area contributed by atoms with Crippen LogP contribution in [0.15, 0.2) is 37.2 Å². The molecule has 3 nitrogen and oxygen atoms in total. The Bertz CT molecular complexity index is 429. The van der Waals surface area contributed by atoms with E-state index in [9.17, 15) is 4.79 Å². The van der Waals surface area contributed by atoms with Crippen LogP contribution in [0.1, 0.15) is 31.2 Å². The molecule has 1 heterocycles. The van der Waals surface area contributed by atoms with Crippen LogP contribution in [0.2, 0.25) is 0 Å². The lowest BCUT2D eigenvalue weighted by atomic mass is 10.2. The molecule has 1 amide bonds. The SMILES string of the molecule is C=CCN(C(=O)CSCc1ccncc1)C1CCCC1. The number of carbonyl (C=O) groups excluding carboxylic acids is 1. The fraction of sp³-hybridized carbons (Fsp3) is 0.500. The predicted molar refractivity (Wildman–Crippen MR) is 84.6 cm³/mol. The van der Waals surface area contributed by atoms with Crippen molar-refractivity contribution in [3.63, 3.8) is 0 Å². The number of rotatable bonds is 7. The van der Waals surface area contributed by atoms with Crippen LogP contribution in [-0.2, 0) is 10.5 Å². The molecule has 2 rings (SSSR count). The quantitative estimate of drug-likeness (QED) is 0.723. The van der Waals surface area contributed by atoms with Gasteiger partial charge in [0.05, 0.1) is 5.75 Å². The molecular weight excluding hydrogens is 268 g/mol. The first-order valence-electron chi connectivity index (χ1n) is 7.18. The average molecular weight is 290 g/mol. The molecule has 0 radical (unpaired) electrons. The topological polar surface area (TPSA) is 33.2 Å². The number of thioether (sulfide) groups is 1. The summed E-state index contributed by atoms with van der Waals surface area (Å²) in [4.78, 5) is 18.4. The van der Waals surface area contributed by atoms with Gasteiger partial charge in [0.1, 0.15) is 0 Å². The molecule has 20 heavy (non-hydrogen) atoms. The van der Waals surface area contributed by atoms with Crippen LogP contribution in [0.4, 0.5) is 0 Å². The molecule has 4 heteroatoms. The maximum Gasteiger partial charge on any atom is 0.233 e. The molecule has 0 atom stereocenters. The van der Waals surface area contributed by atoms with Gasteiger partial charge in [-0.1, -0.05) is 18.9 Å². The highest BCUT2D eigenvalue weighted by Gasteiger charge is 2.25. The van der Waals surface area contributed by atoms with Gasteiger partial charge in [-0.3, -0.25) is 9.78 Å². The maximum absolute atomic E-state index is 12.4. The number of hydrogen-bond acceptors (Lipinski definition) is 3. The number of aromatic nitrogens is 1. The smallest absolute Gasteiger partial charge is 0.233 e. The van der Waals surface area contributed by atoms with Gasteiger partial charge >= 0.3 is 0 Å². The van der Waals surface area contributed by atoms with Crippen molar-refractivity contribution < 1.29 is 4.79 Å². The van der Waals surface area contributed by atoms with Gasteiger partial charge in [-0.05, 0) is 30.5 Å². The third-order valence-electron chi connectivity index (χ3n) is 3.66. The summed E-state index contributed by atoms with van der Waals surface area (Å²) in [7, 11) is 0. The molecule has 0 N–H and O–H groups in total. The first-order chi connectivity index (χ1) is 9.81. The van der Waals surface area contributed by atoms with Crippen molar-refractivity contribution >= 4 is 17.7 Å². The Kier molecular flexibility index (Phi) is 6.12. The van der Waals surface area contributed by atoms with E-state index in [-0.39, 0.29) is 5.91 Å². The van der Waals surface area contributed by atoms with E-state index in [0.29, 0.717) is 18.3 Å². The minimum absolute atomic E-state index is 0.246. The van der Waals surface area contributed by atoms with E-state index in [1.807, 2.05) is 23.1 Å². The van der Waals surface area contributed by atoms with Gasteiger partial charge in [0.25, 0.3) is 0 Å². The lowest BCUT2D eigenvalue weighted by Crippen LogP contribution is -2.40. The molecule has 1 aromatic rings. The summed E-state index contributed by atoms with van der Waals surface area (Å²) in [5.41, 5.74) is 1.22. The molecule has 0 bridgehead atoms. The Morgan fingerprint density at radius 3 is 2.75 bits per heavy atom. The standard InChI is InChI=1S/C16H22N2OS/c1-2-11-18(15-5-3-4-6-15)16(19)13-20-12-14-7-9-17-10-8-14/h2,7-10,15H,1,3-6,11-13H2. The van der Waals surface area contributed by atoms with Crippen LogP contribution >= 0.6 is 11.8 Å². The van der Waals surface area contributed by atoms with Crippen molar-refractivity contribution in [1.82, 2.24) is 9.88 Å². The minimum atomic E-state index is 0.246. The molecule has 0 unspecified atom stereocenters. The maximum atomic E-state index is 12.4. The monoisotopic (exact) mass is 290 g/mol. The summed E-state index contributed by atoms with van der Waals surface area (Å²) in [6.07, 6.45) is 10.2. The van der Waals surface area contributed by atoms with Gasteiger partial charge < -0.3 is 4.90 Å². The molecule has 1 saturated carbocycles. The van der Waals surface area contributed by atoms with Crippen LogP contribution in [0.5, 0.6) is 0 Å². The van der Waals surface area contributed by atoms with Crippen molar-refractivity contribution in [1.29, 1.82) is 0 Å². The second-order valence-corrected chi connectivity index (χ2v) is 6.11. The van der Waals surface area contributed by atoms with Crippen molar-refractivity contribution in [2.24, 2.45) is 0 Å². The summed E-state index contributed by atoms with van der Waals surface area (Å²) in [6.45, 7) is 4.45. The lowest BCUT2D eigenvalue weighted by Gasteiger charge is -2.27. The zero-order valence-electron chi connectivity index (χ0n) is 11.8. The number of amides is 1. The molecule has 1 aliphatic rings. The second kappa shape index (κ2) is 8.10. The molecule has 0 aliphatic heterocycles. The van der Waals surface area contributed by atoms with Gasteiger partial charge in [0, 0.05) is 30.7 Å². The molecule has 1 aliphatic carbocycles. The first kappa shape index (κ1) is 15.1. The van der Waals surface area contributed by atoms with Crippen molar-refractivity contribution in [3.8, 4) is 0 Å². The van der Waals surface area contributed by atoms with Crippen molar-refractivity contribution in [2.45, 2.75) is 37.5 Å². The summed E-state index contributed by atoms with van der Waals surface area (Å²) < 4.78 is 0. The fourth-order valence-corrected chi connectivity index (χ4v) is 3.50. The minimum Gasteiger partial charge on any atom is -0.335 e. The van der Waals surface area contributed by atoms with Gasteiger partial charge in [-0.25, -0.2) is 0 Å². The van der Waals surface area contributed by atoms with Crippen molar-refractivity contribution in [2.75, 3.05) is 12.3 Å². The first-order valence-corrected chi connectivity index (χ1v) is 8.33. The molecule has 1 aromatic heterocycles. The Morgan fingerprint density at radius 2 is 2.10 bits per heavy atom. The zero-order chi connectivity index (χ0) is 14.2. The highest BCUT2D eigenvalue weighted by atomic mass is 32.2. The van der Waals surface area contributed by atoms with E-state index in [2.05, 4.69) is 11.6 Å². The number of pyridine rings is 1. The van der Waals surface area contributed by atoms with E-state index >= 15 is 0 Å². The molecule has 108 valence electrons. The van der Waals surface area contributed by atoms with Gasteiger partial charge in [0.2, 0.25) is 5.91 Å². The molecular formula is C16H22N2OS. The molecule has 0 saturated heterocycles. The summed E-state index contributed by atoms with van der Waals surface area (Å²) in [5.74, 6) is 1.66. The molecule has 0 spiro atoms. The van der Waals surface area contributed by atoms with Crippen molar-refractivity contribution in [3.05, 3.63) is 42.7 Å². The second-order valence-electron chi connectivity index (χ2n) is 5.12. The van der Waals surface area contributed by atoms with Gasteiger partial charge in [-0.2, -0.15) is 0 Å². The van der Waals surface area contributed by atoms with E-state index < -0.39 is 0 Å². The highest BCUT2D eigenvalue weighted by Crippen LogP contribution is 2.24. The van der Waals surface area contributed by atoms with Crippen LogP contribution in [0.3, 0.4) is 0 Å². The van der Waals surface area contributed by atoms with Gasteiger partial charge in [-0.15, -0.1) is 18.3 Å². The summed E-state index contributed by atoms with van der Waals surface area (Å²) in [5, 5.41) is 0. The molecule has 0 aromatic carbocycles. The normalized spacial score (nSPS) is 15.2. The van der Waals surface area contributed by atoms with E-state index in [1.165, 1.54) is 18.4 Å². The third-order valence-corrected chi connectivity index (χ3v) is 4.64. The number of carbonyl (C=O) groups is 1. The predicted octanol–water partition coefficient (Wildman–Crippen LogP) is 3.27. The third kappa shape index (κ3) is 4.37. The van der Waals surface area contributed by atoms with E-state index in [1.54, 1.807) is 24.2 Å². The van der Waals surface area contributed by atoms with E-state index in [4.69, 9.17) is 0 Å². The largest absolute Gasteiger partial charge is 0.335 e. The Balaban J connectivity index is 1.80. The van der Waals surface area contributed by atoms with Crippen LogP contribution in [-0.4, -0.2) is 34.1 Å². The summed E-state index contributed by atoms with van der Waals surface area (Å²) >= 11 is 1.67. The lowest BCUT2D eigenvalue weighted by molar-refractivity contribution is -0.129. The van der Waals surface area contributed by atoms with Crippen LogP contribution in [0.25, 0.3) is 0 Å². The van der Waals surface area contributed by atoms with Crippen LogP contribution < -0.4 is 0 Å². The number of nitrogens with zero attached hydrogens (tertiary/aromatic N) is 2. The fourth-order valence-electron chi connectivity index (χ4n) is 2.63. The summed E-state index contributed by atoms with van der Waals surface area (Å²) in [6, 6.07) is 4.42. The Labute approximate surface area is 125 Å².